The normalized spacial score (nSPS) is 16.1. The van der Waals surface area contributed by atoms with Crippen LogP contribution in [0.1, 0.15) is 11.3 Å². The number of amides is 1. The first-order chi connectivity index (χ1) is 13.3. The second kappa shape index (κ2) is 8.89. The van der Waals surface area contributed by atoms with Gasteiger partial charge in [-0.3, -0.25) is 19.6 Å². The largest absolute Gasteiger partial charge is 0.417 e. The monoisotopic (exact) mass is 412 g/mol. The van der Waals surface area contributed by atoms with Crippen molar-refractivity contribution in [3.63, 3.8) is 0 Å². The molecule has 9 heteroatoms. The van der Waals surface area contributed by atoms with Crippen molar-refractivity contribution in [2.45, 2.75) is 12.7 Å². The van der Waals surface area contributed by atoms with E-state index in [0.29, 0.717) is 13.1 Å². The maximum atomic E-state index is 12.9. The quantitative estimate of drug-likeness (QED) is 0.816. The van der Waals surface area contributed by atoms with Crippen LogP contribution in [-0.4, -0.2) is 53.4 Å². The molecule has 0 bridgehead atoms. The molecule has 0 radical (unpaired) electrons. The van der Waals surface area contributed by atoms with E-state index in [1.165, 1.54) is 6.07 Å². The molecule has 0 saturated carbocycles. The first kappa shape index (κ1) is 20.6. The summed E-state index contributed by atoms with van der Waals surface area (Å²) in [5.74, 6) is -0.353. The van der Waals surface area contributed by atoms with Gasteiger partial charge < -0.3 is 5.32 Å². The number of nitrogens with zero attached hydrogens (tertiary/aromatic N) is 3. The molecule has 0 spiro atoms. The maximum Gasteiger partial charge on any atom is 0.417 e. The summed E-state index contributed by atoms with van der Waals surface area (Å²) in [4.78, 5) is 20.7. The van der Waals surface area contributed by atoms with Crippen molar-refractivity contribution in [2.75, 3.05) is 38.0 Å². The fourth-order valence-electron chi connectivity index (χ4n) is 3.05. The molecule has 0 atom stereocenters. The summed E-state index contributed by atoms with van der Waals surface area (Å²) in [6, 6.07) is 9.14. The van der Waals surface area contributed by atoms with E-state index in [0.717, 1.165) is 37.5 Å². The molecule has 2 aromatic rings. The Hall–Kier alpha value is -2.16. The Morgan fingerprint density at radius 3 is 2.46 bits per heavy atom. The van der Waals surface area contributed by atoms with Crippen LogP contribution < -0.4 is 5.32 Å². The van der Waals surface area contributed by atoms with E-state index in [1.807, 2.05) is 23.1 Å². The molecule has 5 nitrogen and oxygen atoms in total. The van der Waals surface area contributed by atoms with Crippen molar-refractivity contribution in [2.24, 2.45) is 0 Å². The van der Waals surface area contributed by atoms with Crippen molar-refractivity contribution >= 4 is 23.2 Å². The summed E-state index contributed by atoms with van der Waals surface area (Å²) < 4.78 is 38.8. The van der Waals surface area contributed by atoms with E-state index in [9.17, 15) is 18.0 Å². The maximum absolute atomic E-state index is 12.9. The highest BCUT2D eigenvalue weighted by Crippen LogP contribution is 2.36. The highest BCUT2D eigenvalue weighted by molar-refractivity contribution is 6.31. The zero-order chi connectivity index (χ0) is 20.1. The van der Waals surface area contributed by atoms with Crippen LogP contribution in [0.2, 0.25) is 5.02 Å². The molecular formula is C19H20ClF3N4O. The Balaban J connectivity index is 1.48. The Kier molecular flexibility index (Phi) is 6.53. The highest BCUT2D eigenvalue weighted by atomic mass is 35.5. The van der Waals surface area contributed by atoms with Gasteiger partial charge in [0.1, 0.15) is 0 Å². The van der Waals surface area contributed by atoms with Gasteiger partial charge >= 0.3 is 6.18 Å². The third-order valence-corrected chi connectivity index (χ3v) is 4.83. The van der Waals surface area contributed by atoms with Crippen LogP contribution >= 0.6 is 11.6 Å². The van der Waals surface area contributed by atoms with Gasteiger partial charge in [-0.2, -0.15) is 13.2 Å². The van der Waals surface area contributed by atoms with Gasteiger partial charge in [-0.05, 0) is 30.3 Å². The van der Waals surface area contributed by atoms with Crippen molar-refractivity contribution < 1.29 is 18.0 Å². The molecule has 28 heavy (non-hydrogen) atoms. The molecule has 0 aliphatic carbocycles. The van der Waals surface area contributed by atoms with Crippen LogP contribution in [0.25, 0.3) is 0 Å². The van der Waals surface area contributed by atoms with Gasteiger partial charge in [-0.25, -0.2) is 0 Å². The van der Waals surface area contributed by atoms with Gasteiger partial charge in [0.2, 0.25) is 5.91 Å². The van der Waals surface area contributed by atoms with Crippen molar-refractivity contribution in [3.8, 4) is 0 Å². The molecule has 1 aliphatic heterocycles. The fourth-order valence-corrected chi connectivity index (χ4v) is 3.27. The van der Waals surface area contributed by atoms with E-state index < -0.39 is 16.8 Å². The highest BCUT2D eigenvalue weighted by Gasteiger charge is 2.33. The molecule has 1 amide bonds. The lowest BCUT2D eigenvalue weighted by Gasteiger charge is -2.34. The number of rotatable bonds is 5. The van der Waals surface area contributed by atoms with Crippen LogP contribution in [0.4, 0.5) is 18.9 Å². The van der Waals surface area contributed by atoms with Crippen molar-refractivity contribution in [3.05, 3.63) is 58.9 Å². The molecular weight excluding hydrogens is 393 g/mol. The van der Waals surface area contributed by atoms with Gasteiger partial charge in [-0.1, -0.05) is 17.7 Å². The van der Waals surface area contributed by atoms with Crippen molar-refractivity contribution in [1.29, 1.82) is 0 Å². The second-order valence-electron chi connectivity index (χ2n) is 6.61. The summed E-state index contributed by atoms with van der Waals surface area (Å²) in [6.07, 6.45) is -2.81. The van der Waals surface area contributed by atoms with Gasteiger partial charge in [0.15, 0.2) is 0 Å². The minimum atomic E-state index is -4.57. The zero-order valence-electron chi connectivity index (χ0n) is 15.0. The number of piperazine rings is 1. The molecule has 1 aromatic carbocycles. The average Bonchev–Trinajstić information content (AvgIpc) is 2.65. The standard InChI is InChI=1S/C19H20ClF3N4O/c20-17-5-4-14(11-16(17)19(21,22)23)25-18(28)13-27-9-7-26(8-10-27)12-15-3-1-2-6-24-15/h1-6,11H,7-10,12-13H2,(H,25,28). The topological polar surface area (TPSA) is 48.5 Å². The minimum Gasteiger partial charge on any atom is -0.325 e. The molecule has 1 N–H and O–H groups in total. The summed E-state index contributed by atoms with van der Waals surface area (Å²) in [5, 5.41) is 2.12. The molecule has 1 fully saturated rings. The summed E-state index contributed by atoms with van der Waals surface area (Å²) in [5.41, 5.74) is 0.113. The molecule has 150 valence electrons. The number of halogens is 4. The third kappa shape index (κ3) is 5.67. The first-order valence-corrected chi connectivity index (χ1v) is 9.20. The SMILES string of the molecule is O=C(CN1CCN(Cc2ccccn2)CC1)Nc1ccc(Cl)c(C(F)(F)F)c1. The lowest BCUT2D eigenvalue weighted by molar-refractivity contribution is -0.137. The molecule has 1 saturated heterocycles. The van der Waals surface area contributed by atoms with Crippen LogP contribution in [0.5, 0.6) is 0 Å². The predicted octanol–water partition coefficient (Wildman–Crippen LogP) is 3.51. The lowest BCUT2D eigenvalue weighted by atomic mass is 10.2. The number of carbonyl (C=O) groups excluding carboxylic acids is 1. The molecule has 1 aliphatic rings. The van der Waals surface area contributed by atoms with Crippen molar-refractivity contribution in [1.82, 2.24) is 14.8 Å². The molecule has 0 unspecified atom stereocenters. The number of alkyl halides is 3. The number of carbonyl (C=O) groups is 1. The fraction of sp³-hybridized carbons (Fsp3) is 0.368. The average molecular weight is 413 g/mol. The Bertz CT molecular complexity index is 809. The Labute approximate surface area is 166 Å². The van der Waals surface area contributed by atoms with E-state index in [1.54, 1.807) is 6.20 Å². The Morgan fingerprint density at radius 1 is 1.11 bits per heavy atom. The van der Waals surface area contributed by atoms with Crippen LogP contribution in [0.15, 0.2) is 42.6 Å². The number of hydrogen-bond donors (Lipinski definition) is 1. The smallest absolute Gasteiger partial charge is 0.325 e. The number of anilines is 1. The first-order valence-electron chi connectivity index (χ1n) is 8.82. The van der Waals surface area contributed by atoms with Gasteiger partial charge in [0.05, 0.1) is 22.8 Å². The summed E-state index contributed by atoms with van der Waals surface area (Å²) in [6.45, 7) is 3.88. The lowest BCUT2D eigenvalue weighted by Crippen LogP contribution is -2.48. The van der Waals surface area contributed by atoms with E-state index in [4.69, 9.17) is 11.6 Å². The van der Waals surface area contributed by atoms with Crippen LogP contribution in [0.3, 0.4) is 0 Å². The van der Waals surface area contributed by atoms with Crippen LogP contribution in [-0.2, 0) is 17.5 Å². The summed E-state index contributed by atoms with van der Waals surface area (Å²) in [7, 11) is 0. The van der Waals surface area contributed by atoms with Crippen LogP contribution in [0, 0.1) is 0 Å². The number of aromatic nitrogens is 1. The second-order valence-corrected chi connectivity index (χ2v) is 7.02. The minimum absolute atomic E-state index is 0.0792. The Morgan fingerprint density at radius 2 is 1.82 bits per heavy atom. The zero-order valence-corrected chi connectivity index (χ0v) is 15.8. The molecule has 2 heterocycles. The number of pyridine rings is 1. The van der Waals surface area contributed by atoms with Gasteiger partial charge in [0.25, 0.3) is 0 Å². The third-order valence-electron chi connectivity index (χ3n) is 4.50. The van der Waals surface area contributed by atoms with E-state index in [2.05, 4.69) is 15.2 Å². The molecule has 3 rings (SSSR count). The predicted molar refractivity (Wildman–Crippen MR) is 101 cm³/mol. The number of benzene rings is 1. The van der Waals surface area contributed by atoms with Gasteiger partial charge in [-0.15, -0.1) is 0 Å². The van der Waals surface area contributed by atoms with E-state index >= 15 is 0 Å². The van der Waals surface area contributed by atoms with Gasteiger partial charge in [0, 0.05) is 44.6 Å². The van der Waals surface area contributed by atoms with E-state index in [-0.39, 0.29) is 18.1 Å². The summed E-state index contributed by atoms with van der Waals surface area (Å²) >= 11 is 5.59. The number of nitrogens with one attached hydrogen (secondary N) is 1. The molecule has 1 aromatic heterocycles. The number of hydrogen-bond acceptors (Lipinski definition) is 4.